The first-order valence-corrected chi connectivity index (χ1v) is 8.51. The number of carbonyl (C=O) groups is 1. The van der Waals surface area contributed by atoms with Gasteiger partial charge in [0.15, 0.2) is 0 Å². The molecule has 1 aliphatic heterocycles. The average Bonchev–Trinajstić information content (AvgIpc) is 2.93. The Hall–Kier alpha value is -1.23. The number of nitrogens with zero attached hydrogens (tertiary/aromatic N) is 2. The highest BCUT2D eigenvalue weighted by atomic mass is 35.5. The molecule has 0 aromatic heterocycles. The van der Waals surface area contributed by atoms with Gasteiger partial charge in [0.05, 0.1) is 17.5 Å². The highest BCUT2D eigenvalue weighted by Crippen LogP contribution is 2.39. The number of halogens is 3. The number of alkyl halides is 1. The van der Waals surface area contributed by atoms with Crippen LogP contribution in [-0.2, 0) is 4.79 Å². The van der Waals surface area contributed by atoms with Crippen LogP contribution in [0.4, 0.5) is 0 Å². The molecule has 23 heavy (non-hydrogen) atoms. The summed E-state index contributed by atoms with van der Waals surface area (Å²) < 4.78 is 0. The molecule has 3 rings (SSSR count). The van der Waals surface area contributed by atoms with Crippen molar-refractivity contribution < 1.29 is 9.90 Å². The molecule has 122 valence electrons. The topological polar surface area (TPSA) is 52.9 Å². The molecule has 0 spiro atoms. The van der Waals surface area contributed by atoms with E-state index in [-0.39, 0.29) is 23.2 Å². The fraction of sp³-hybridized carbons (Fsp3) is 0.375. The largest absolute Gasteiger partial charge is 0.477 e. The van der Waals surface area contributed by atoms with E-state index in [9.17, 15) is 9.90 Å². The molecule has 0 saturated heterocycles. The summed E-state index contributed by atoms with van der Waals surface area (Å²) in [5.74, 6) is -1.00. The van der Waals surface area contributed by atoms with Gasteiger partial charge in [0, 0.05) is 16.5 Å². The van der Waals surface area contributed by atoms with Gasteiger partial charge < -0.3 is 5.11 Å². The predicted octanol–water partition coefficient (Wildman–Crippen LogP) is 4.42. The maximum atomic E-state index is 11.3. The molecule has 0 amide bonds. The van der Waals surface area contributed by atoms with E-state index in [4.69, 9.17) is 34.8 Å². The minimum atomic E-state index is -1.00. The summed E-state index contributed by atoms with van der Waals surface area (Å²) in [6, 6.07) is 7.06. The van der Waals surface area contributed by atoms with Crippen molar-refractivity contribution in [2.24, 2.45) is 5.10 Å². The first-order valence-electron chi connectivity index (χ1n) is 7.31. The second kappa shape index (κ2) is 6.71. The van der Waals surface area contributed by atoms with Crippen molar-refractivity contribution >= 4 is 46.5 Å². The summed E-state index contributed by atoms with van der Waals surface area (Å²) in [6.45, 7) is 0. The Labute approximate surface area is 149 Å². The van der Waals surface area contributed by atoms with E-state index in [0.29, 0.717) is 16.5 Å². The number of carboxylic acid groups (broad SMARTS) is 1. The highest BCUT2D eigenvalue weighted by Gasteiger charge is 2.37. The van der Waals surface area contributed by atoms with Crippen LogP contribution < -0.4 is 0 Å². The number of carboxylic acids is 1. The SMILES string of the molecule is O=C(O)C1=NN(C2CCC(Cl)C=C2Cl)C(c2ccc(Cl)cc2)C1. The van der Waals surface area contributed by atoms with Gasteiger partial charge in [0.25, 0.3) is 0 Å². The molecule has 2 aliphatic rings. The van der Waals surface area contributed by atoms with Crippen LogP contribution in [0, 0.1) is 0 Å². The van der Waals surface area contributed by atoms with E-state index in [1.165, 1.54) is 0 Å². The second-order valence-corrected chi connectivity index (χ2v) is 7.10. The number of benzene rings is 1. The molecule has 1 aromatic carbocycles. The summed E-state index contributed by atoms with van der Waals surface area (Å²) in [5, 5.41) is 16.6. The molecule has 7 heteroatoms. The van der Waals surface area contributed by atoms with E-state index in [0.717, 1.165) is 18.4 Å². The molecule has 1 aliphatic carbocycles. The summed E-state index contributed by atoms with van der Waals surface area (Å²) >= 11 is 18.4. The summed E-state index contributed by atoms with van der Waals surface area (Å²) in [7, 11) is 0. The third kappa shape index (κ3) is 3.49. The van der Waals surface area contributed by atoms with E-state index >= 15 is 0 Å². The number of aliphatic carboxylic acids is 1. The quantitative estimate of drug-likeness (QED) is 0.798. The minimum absolute atomic E-state index is 0.0849. The van der Waals surface area contributed by atoms with Gasteiger partial charge in [-0.25, -0.2) is 4.79 Å². The number of rotatable bonds is 3. The molecule has 1 N–H and O–H groups in total. The molecule has 0 fully saturated rings. The Morgan fingerprint density at radius 2 is 1.87 bits per heavy atom. The molecule has 0 radical (unpaired) electrons. The van der Waals surface area contributed by atoms with Crippen molar-refractivity contribution in [3.8, 4) is 0 Å². The van der Waals surface area contributed by atoms with Crippen molar-refractivity contribution in [3.05, 3.63) is 46.0 Å². The zero-order valence-corrected chi connectivity index (χ0v) is 14.4. The maximum Gasteiger partial charge on any atom is 0.352 e. The molecule has 0 saturated carbocycles. The number of hydrogen-bond donors (Lipinski definition) is 1. The molecule has 0 bridgehead atoms. The van der Waals surface area contributed by atoms with Crippen LogP contribution in [0.15, 0.2) is 40.5 Å². The first-order chi connectivity index (χ1) is 11.0. The predicted molar refractivity (Wildman–Crippen MR) is 92.3 cm³/mol. The smallest absolute Gasteiger partial charge is 0.352 e. The normalized spacial score (nSPS) is 27.6. The highest BCUT2D eigenvalue weighted by molar-refractivity contribution is 6.36. The Bertz CT molecular complexity index is 672. The Morgan fingerprint density at radius 3 is 2.48 bits per heavy atom. The monoisotopic (exact) mass is 372 g/mol. The van der Waals surface area contributed by atoms with Crippen LogP contribution in [0.1, 0.15) is 30.9 Å². The lowest BCUT2D eigenvalue weighted by Gasteiger charge is -2.34. The van der Waals surface area contributed by atoms with Crippen molar-refractivity contribution in [2.75, 3.05) is 0 Å². The zero-order chi connectivity index (χ0) is 16.6. The first kappa shape index (κ1) is 16.6. The van der Waals surface area contributed by atoms with Crippen molar-refractivity contribution in [1.82, 2.24) is 5.01 Å². The number of hydrazone groups is 1. The number of hydrogen-bond acceptors (Lipinski definition) is 3. The van der Waals surface area contributed by atoms with Gasteiger partial charge in [-0.1, -0.05) is 35.3 Å². The van der Waals surface area contributed by atoms with Gasteiger partial charge >= 0.3 is 5.97 Å². The van der Waals surface area contributed by atoms with Crippen LogP contribution in [0.3, 0.4) is 0 Å². The van der Waals surface area contributed by atoms with E-state index in [1.807, 2.05) is 18.2 Å². The standard InChI is InChI=1S/C16H15Cl3N2O2/c17-10-3-1-9(2-4-10)15-8-13(16(22)23)20-21(15)14-6-5-11(18)7-12(14)19/h1-4,7,11,14-15H,5-6,8H2,(H,22,23). The summed E-state index contributed by atoms with van der Waals surface area (Å²) in [6.07, 6.45) is 3.67. The van der Waals surface area contributed by atoms with Crippen LogP contribution in [0.5, 0.6) is 0 Å². The Balaban J connectivity index is 1.94. The fourth-order valence-corrected chi connectivity index (χ4v) is 3.79. The molecule has 1 aromatic rings. The van der Waals surface area contributed by atoms with Gasteiger partial charge in [-0.15, -0.1) is 11.6 Å². The molecule has 3 atom stereocenters. The zero-order valence-electron chi connectivity index (χ0n) is 12.1. The summed E-state index contributed by atoms with van der Waals surface area (Å²) in [4.78, 5) is 11.3. The number of allylic oxidation sites excluding steroid dienone is 1. The molecule has 1 heterocycles. The fourth-order valence-electron chi connectivity index (χ4n) is 2.98. The van der Waals surface area contributed by atoms with Gasteiger partial charge in [-0.3, -0.25) is 5.01 Å². The van der Waals surface area contributed by atoms with Gasteiger partial charge in [0.2, 0.25) is 0 Å². The summed E-state index contributed by atoms with van der Waals surface area (Å²) in [5.41, 5.74) is 1.11. The Morgan fingerprint density at radius 1 is 1.17 bits per heavy atom. The van der Waals surface area contributed by atoms with E-state index in [2.05, 4.69) is 5.10 Å². The van der Waals surface area contributed by atoms with Crippen molar-refractivity contribution in [1.29, 1.82) is 0 Å². The van der Waals surface area contributed by atoms with Gasteiger partial charge in [0.1, 0.15) is 5.71 Å². The van der Waals surface area contributed by atoms with Crippen molar-refractivity contribution in [3.63, 3.8) is 0 Å². The molecular formula is C16H15Cl3N2O2. The van der Waals surface area contributed by atoms with Crippen molar-refractivity contribution in [2.45, 2.75) is 36.7 Å². The lowest BCUT2D eigenvalue weighted by Crippen LogP contribution is -2.34. The molecule has 3 unspecified atom stereocenters. The maximum absolute atomic E-state index is 11.3. The third-order valence-corrected chi connectivity index (χ3v) is 5.11. The second-order valence-electron chi connectivity index (χ2n) is 5.66. The average molecular weight is 374 g/mol. The van der Waals surface area contributed by atoms with Gasteiger partial charge in [-0.05, 0) is 36.6 Å². The van der Waals surface area contributed by atoms with Crippen LogP contribution in [-0.4, -0.2) is 33.2 Å². The van der Waals surface area contributed by atoms with Gasteiger partial charge in [-0.2, -0.15) is 5.10 Å². The molecular weight excluding hydrogens is 359 g/mol. The molecule has 4 nitrogen and oxygen atoms in total. The van der Waals surface area contributed by atoms with Crippen LogP contribution in [0.25, 0.3) is 0 Å². The minimum Gasteiger partial charge on any atom is -0.477 e. The Kier molecular flexibility index (Phi) is 4.85. The lowest BCUT2D eigenvalue weighted by atomic mass is 9.97. The lowest BCUT2D eigenvalue weighted by molar-refractivity contribution is -0.129. The third-order valence-electron chi connectivity index (χ3n) is 4.14. The van der Waals surface area contributed by atoms with Crippen LogP contribution >= 0.6 is 34.8 Å². The van der Waals surface area contributed by atoms with Crippen LogP contribution in [0.2, 0.25) is 5.02 Å². The van der Waals surface area contributed by atoms with E-state index in [1.54, 1.807) is 17.1 Å². The van der Waals surface area contributed by atoms with E-state index < -0.39 is 5.97 Å².